The molecule has 0 aromatic heterocycles. The Morgan fingerprint density at radius 1 is 1.40 bits per heavy atom. The van der Waals surface area contributed by atoms with Gasteiger partial charge in [-0.05, 0) is 18.6 Å². The average Bonchev–Trinajstić information content (AvgIpc) is 2.40. The third-order valence-corrected chi connectivity index (χ3v) is 5.52. The van der Waals surface area contributed by atoms with Crippen LogP contribution in [0.3, 0.4) is 0 Å². The normalized spacial score (nSPS) is 13.3. The number of para-hydroxylation sites is 1. The lowest BCUT2D eigenvalue weighted by molar-refractivity contribution is 0.173. The number of ether oxygens (including phenoxy) is 1. The van der Waals surface area contributed by atoms with Gasteiger partial charge in [0.15, 0.2) is 0 Å². The maximum absolute atomic E-state index is 11.9. The molecule has 0 aliphatic rings. The van der Waals surface area contributed by atoms with Crippen molar-refractivity contribution in [3.05, 3.63) is 24.3 Å². The molecule has 7 heteroatoms. The van der Waals surface area contributed by atoms with Crippen LogP contribution in [0.25, 0.3) is 0 Å². The first-order valence-corrected chi connectivity index (χ1v) is 9.08. The zero-order valence-electron chi connectivity index (χ0n) is 11.8. The molecule has 0 amide bonds. The number of anilines is 1. The van der Waals surface area contributed by atoms with Crippen molar-refractivity contribution in [2.24, 2.45) is 0 Å². The summed E-state index contributed by atoms with van der Waals surface area (Å²) in [6.07, 6.45) is 0.700. The number of nitrogens with one attached hydrogen (secondary N) is 1. The van der Waals surface area contributed by atoms with E-state index in [1.165, 1.54) is 11.8 Å². The number of benzene rings is 1. The number of thioether (sulfide) groups is 1. The van der Waals surface area contributed by atoms with Crippen molar-refractivity contribution in [2.45, 2.75) is 24.3 Å². The first-order valence-electron chi connectivity index (χ1n) is 6.44. The SMILES string of the molecule is CCC(COC)NS(=O)(=O)CCSc1ccccc1N. The van der Waals surface area contributed by atoms with Crippen molar-refractivity contribution in [3.8, 4) is 0 Å². The second kappa shape index (κ2) is 8.51. The van der Waals surface area contributed by atoms with Crippen LogP contribution in [-0.4, -0.2) is 39.7 Å². The van der Waals surface area contributed by atoms with E-state index in [1.54, 1.807) is 13.2 Å². The van der Waals surface area contributed by atoms with Gasteiger partial charge >= 0.3 is 0 Å². The van der Waals surface area contributed by atoms with E-state index in [-0.39, 0.29) is 11.8 Å². The van der Waals surface area contributed by atoms with Gasteiger partial charge < -0.3 is 10.5 Å². The molecule has 0 bridgehead atoms. The lowest BCUT2D eigenvalue weighted by Crippen LogP contribution is -2.39. The second-order valence-corrected chi connectivity index (χ2v) is 7.39. The minimum absolute atomic E-state index is 0.0617. The Bertz CT molecular complexity index is 506. The highest BCUT2D eigenvalue weighted by atomic mass is 32.2. The predicted octanol–water partition coefficient (Wildman–Crippen LogP) is 1.71. The third-order valence-electron chi connectivity index (χ3n) is 2.74. The molecule has 114 valence electrons. The molecule has 0 spiro atoms. The molecule has 0 radical (unpaired) electrons. The summed E-state index contributed by atoms with van der Waals surface area (Å²) in [7, 11) is -1.73. The first-order chi connectivity index (χ1) is 9.48. The summed E-state index contributed by atoms with van der Waals surface area (Å²) in [6, 6.07) is 7.27. The Kier molecular flexibility index (Phi) is 7.36. The van der Waals surface area contributed by atoms with E-state index in [1.807, 2.05) is 25.1 Å². The van der Waals surface area contributed by atoms with Crippen LogP contribution in [0.2, 0.25) is 0 Å². The number of hydrogen-bond donors (Lipinski definition) is 2. The van der Waals surface area contributed by atoms with Gasteiger partial charge in [0, 0.05) is 29.5 Å². The van der Waals surface area contributed by atoms with Crippen LogP contribution >= 0.6 is 11.8 Å². The van der Waals surface area contributed by atoms with Gasteiger partial charge in [0.05, 0.1) is 12.4 Å². The van der Waals surface area contributed by atoms with Crippen LogP contribution in [0.1, 0.15) is 13.3 Å². The van der Waals surface area contributed by atoms with Crippen LogP contribution in [0.5, 0.6) is 0 Å². The minimum atomic E-state index is -3.29. The minimum Gasteiger partial charge on any atom is -0.398 e. The topological polar surface area (TPSA) is 81.4 Å². The fourth-order valence-corrected chi connectivity index (χ4v) is 4.32. The molecular formula is C13H22N2O3S2. The van der Waals surface area contributed by atoms with Crippen molar-refractivity contribution in [3.63, 3.8) is 0 Å². The van der Waals surface area contributed by atoms with Gasteiger partial charge in [-0.1, -0.05) is 19.1 Å². The highest BCUT2D eigenvalue weighted by Gasteiger charge is 2.16. The van der Waals surface area contributed by atoms with Crippen LogP contribution in [-0.2, 0) is 14.8 Å². The highest BCUT2D eigenvalue weighted by molar-refractivity contribution is 8.00. The van der Waals surface area contributed by atoms with E-state index >= 15 is 0 Å². The summed E-state index contributed by atoms with van der Waals surface area (Å²) in [5.41, 5.74) is 6.48. The number of hydrogen-bond acceptors (Lipinski definition) is 5. The van der Waals surface area contributed by atoms with Gasteiger partial charge in [-0.15, -0.1) is 11.8 Å². The van der Waals surface area contributed by atoms with E-state index < -0.39 is 10.0 Å². The summed E-state index contributed by atoms with van der Waals surface area (Å²) < 4.78 is 31.5. The lowest BCUT2D eigenvalue weighted by Gasteiger charge is -2.16. The number of rotatable bonds is 9. The standard InChI is InChI=1S/C13H22N2O3S2/c1-3-11(10-18-2)15-20(16,17)9-8-19-13-7-5-4-6-12(13)14/h4-7,11,15H,3,8-10,14H2,1-2H3. The quantitative estimate of drug-likeness (QED) is 0.535. The highest BCUT2D eigenvalue weighted by Crippen LogP contribution is 2.24. The summed E-state index contributed by atoms with van der Waals surface area (Å²) in [5.74, 6) is 0.527. The number of sulfonamides is 1. The zero-order valence-corrected chi connectivity index (χ0v) is 13.5. The Labute approximate surface area is 125 Å². The molecule has 0 fully saturated rings. The Balaban J connectivity index is 2.45. The molecular weight excluding hydrogens is 296 g/mol. The Morgan fingerprint density at radius 2 is 2.10 bits per heavy atom. The third kappa shape index (κ3) is 6.13. The molecule has 1 unspecified atom stereocenters. The fraction of sp³-hybridized carbons (Fsp3) is 0.538. The molecule has 0 heterocycles. The first kappa shape index (κ1) is 17.3. The monoisotopic (exact) mass is 318 g/mol. The number of methoxy groups -OCH3 is 1. The lowest BCUT2D eigenvalue weighted by atomic mass is 10.3. The predicted molar refractivity (Wildman–Crippen MR) is 84.5 cm³/mol. The average molecular weight is 318 g/mol. The molecule has 5 nitrogen and oxygen atoms in total. The van der Waals surface area contributed by atoms with Crippen molar-refractivity contribution in [1.29, 1.82) is 0 Å². The van der Waals surface area contributed by atoms with E-state index in [2.05, 4.69) is 4.72 Å². The van der Waals surface area contributed by atoms with Crippen molar-refractivity contribution >= 4 is 27.5 Å². The van der Waals surface area contributed by atoms with E-state index in [4.69, 9.17) is 10.5 Å². The molecule has 0 saturated heterocycles. The molecule has 0 aliphatic carbocycles. The summed E-state index contributed by atoms with van der Waals surface area (Å²) in [5, 5.41) is 0. The van der Waals surface area contributed by atoms with Crippen LogP contribution in [0, 0.1) is 0 Å². The summed E-state index contributed by atoms with van der Waals surface area (Å²) >= 11 is 1.45. The second-order valence-electron chi connectivity index (χ2n) is 4.38. The molecule has 1 atom stereocenters. The zero-order chi connectivity index (χ0) is 15.0. The van der Waals surface area contributed by atoms with Gasteiger partial charge in [-0.2, -0.15) is 0 Å². The fourth-order valence-electron chi connectivity index (χ4n) is 1.62. The van der Waals surface area contributed by atoms with Gasteiger partial charge in [0.25, 0.3) is 0 Å². The summed E-state index contributed by atoms with van der Waals surface area (Å²) in [6.45, 7) is 2.31. The molecule has 1 rings (SSSR count). The summed E-state index contributed by atoms with van der Waals surface area (Å²) in [4.78, 5) is 0.909. The van der Waals surface area contributed by atoms with Gasteiger partial charge in [-0.25, -0.2) is 13.1 Å². The van der Waals surface area contributed by atoms with E-state index in [9.17, 15) is 8.42 Å². The molecule has 1 aromatic carbocycles. The van der Waals surface area contributed by atoms with E-state index in [0.29, 0.717) is 24.5 Å². The van der Waals surface area contributed by atoms with Crippen molar-refractivity contribution in [1.82, 2.24) is 4.72 Å². The molecule has 3 N–H and O–H groups in total. The van der Waals surface area contributed by atoms with E-state index in [0.717, 1.165) is 4.90 Å². The van der Waals surface area contributed by atoms with Gasteiger partial charge in [0.1, 0.15) is 0 Å². The van der Waals surface area contributed by atoms with Crippen LogP contribution < -0.4 is 10.5 Å². The molecule has 0 aliphatic heterocycles. The van der Waals surface area contributed by atoms with Gasteiger partial charge in [-0.3, -0.25) is 0 Å². The number of nitrogen functional groups attached to an aromatic ring is 1. The molecule has 1 aromatic rings. The molecule has 20 heavy (non-hydrogen) atoms. The van der Waals surface area contributed by atoms with Crippen LogP contribution in [0.15, 0.2) is 29.2 Å². The Hall–Kier alpha value is -0.760. The van der Waals surface area contributed by atoms with Crippen LogP contribution in [0.4, 0.5) is 5.69 Å². The van der Waals surface area contributed by atoms with Crippen molar-refractivity contribution in [2.75, 3.05) is 31.0 Å². The Morgan fingerprint density at radius 3 is 2.70 bits per heavy atom. The molecule has 0 saturated carbocycles. The largest absolute Gasteiger partial charge is 0.398 e. The van der Waals surface area contributed by atoms with Crippen molar-refractivity contribution < 1.29 is 13.2 Å². The number of nitrogens with two attached hydrogens (primary N) is 1. The van der Waals surface area contributed by atoms with Gasteiger partial charge in [0.2, 0.25) is 10.0 Å². The maximum atomic E-state index is 11.9. The maximum Gasteiger partial charge on any atom is 0.212 e. The smallest absolute Gasteiger partial charge is 0.212 e.